The summed E-state index contributed by atoms with van der Waals surface area (Å²) in [5, 5.41) is 9.49. The van der Waals surface area contributed by atoms with Crippen LogP contribution in [0.2, 0.25) is 0 Å². The molecule has 2 rings (SSSR count). The van der Waals surface area contributed by atoms with Crippen LogP contribution in [-0.2, 0) is 9.53 Å². The number of rotatable bonds is 2. The largest absolute Gasteiger partial charge is 0.444 e. The van der Waals surface area contributed by atoms with Crippen molar-refractivity contribution in [3.05, 3.63) is 0 Å². The van der Waals surface area contributed by atoms with Gasteiger partial charge < -0.3 is 19.6 Å². The lowest BCUT2D eigenvalue weighted by Gasteiger charge is -2.33. The third-order valence-electron chi connectivity index (χ3n) is 4.25. The van der Waals surface area contributed by atoms with E-state index in [0.717, 1.165) is 12.8 Å². The van der Waals surface area contributed by atoms with E-state index in [9.17, 15) is 14.7 Å². The van der Waals surface area contributed by atoms with Crippen LogP contribution >= 0.6 is 0 Å². The van der Waals surface area contributed by atoms with Crippen LogP contribution in [-0.4, -0.2) is 64.8 Å². The number of likely N-dealkylation sites (tertiary alicyclic amines) is 2. The molecule has 126 valence electrons. The number of hydrogen-bond acceptors (Lipinski definition) is 4. The number of ether oxygens (including phenoxy) is 1. The molecule has 1 atom stereocenters. The molecule has 2 aliphatic rings. The second-order valence-electron chi connectivity index (χ2n) is 7.40. The highest BCUT2D eigenvalue weighted by Gasteiger charge is 2.30. The molecule has 6 nitrogen and oxygen atoms in total. The first-order valence-electron chi connectivity index (χ1n) is 8.18. The molecule has 6 heteroatoms. The number of hydrogen-bond donors (Lipinski definition) is 1. The highest BCUT2D eigenvalue weighted by atomic mass is 16.6. The zero-order valence-electron chi connectivity index (χ0n) is 13.9. The van der Waals surface area contributed by atoms with Crippen molar-refractivity contribution in [2.45, 2.75) is 58.2 Å². The van der Waals surface area contributed by atoms with Gasteiger partial charge in [0.2, 0.25) is 5.91 Å². The Hall–Kier alpha value is -1.30. The smallest absolute Gasteiger partial charge is 0.410 e. The summed E-state index contributed by atoms with van der Waals surface area (Å²) in [7, 11) is 0. The van der Waals surface area contributed by atoms with Crippen molar-refractivity contribution in [2.75, 3.05) is 26.2 Å². The molecule has 1 N–H and O–H groups in total. The maximum atomic E-state index is 12.2. The number of nitrogens with zero attached hydrogens (tertiary/aromatic N) is 2. The third kappa shape index (κ3) is 4.87. The monoisotopic (exact) mass is 312 g/mol. The van der Waals surface area contributed by atoms with Gasteiger partial charge in [0.15, 0.2) is 0 Å². The predicted octanol–water partition coefficient (Wildman–Crippen LogP) is 1.62. The van der Waals surface area contributed by atoms with Crippen LogP contribution < -0.4 is 0 Å². The normalized spacial score (nSPS) is 23.7. The lowest BCUT2D eigenvalue weighted by molar-refractivity contribution is -0.131. The molecule has 0 aromatic carbocycles. The number of piperidine rings is 1. The lowest BCUT2D eigenvalue weighted by Crippen LogP contribution is -2.42. The Morgan fingerprint density at radius 2 is 1.68 bits per heavy atom. The third-order valence-corrected chi connectivity index (χ3v) is 4.25. The van der Waals surface area contributed by atoms with E-state index >= 15 is 0 Å². The van der Waals surface area contributed by atoms with Gasteiger partial charge in [-0.25, -0.2) is 4.79 Å². The lowest BCUT2D eigenvalue weighted by atomic mass is 9.93. The van der Waals surface area contributed by atoms with E-state index in [1.54, 1.807) is 9.80 Å². The summed E-state index contributed by atoms with van der Waals surface area (Å²) < 4.78 is 5.37. The molecule has 0 spiro atoms. The van der Waals surface area contributed by atoms with Crippen molar-refractivity contribution < 1.29 is 19.4 Å². The van der Waals surface area contributed by atoms with Crippen molar-refractivity contribution >= 4 is 12.0 Å². The first-order chi connectivity index (χ1) is 10.2. The van der Waals surface area contributed by atoms with Crippen LogP contribution in [0.1, 0.15) is 46.5 Å². The minimum atomic E-state index is -0.472. The first-order valence-corrected chi connectivity index (χ1v) is 8.18. The molecule has 0 saturated carbocycles. The minimum absolute atomic E-state index is 0.132. The van der Waals surface area contributed by atoms with Gasteiger partial charge in [-0.15, -0.1) is 0 Å². The van der Waals surface area contributed by atoms with Crippen molar-refractivity contribution in [3.8, 4) is 0 Å². The number of carbonyl (C=O) groups is 2. The Morgan fingerprint density at radius 3 is 2.18 bits per heavy atom. The first kappa shape index (κ1) is 17.1. The standard InChI is InChI=1S/C16H28N2O4/c1-16(2,3)22-15(21)17-7-4-12(5-8-17)10-14(20)18-9-6-13(19)11-18/h12-13,19H,4-11H2,1-3H3/t13-/m0/s1. The van der Waals surface area contributed by atoms with Gasteiger partial charge in [-0.3, -0.25) is 4.79 Å². The highest BCUT2D eigenvalue weighted by molar-refractivity contribution is 5.76. The van der Waals surface area contributed by atoms with E-state index in [2.05, 4.69) is 0 Å². The summed E-state index contributed by atoms with van der Waals surface area (Å²) in [5.41, 5.74) is -0.472. The predicted molar refractivity (Wildman–Crippen MR) is 82.4 cm³/mol. The van der Waals surface area contributed by atoms with Gasteiger partial charge in [0.05, 0.1) is 6.10 Å². The average Bonchev–Trinajstić information content (AvgIpc) is 2.84. The van der Waals surface area contributed by atoms with Crippen molar-refractivity contribution in [3.63, 3.8) is 0 Å². The average molecular weight is 312 g/mol. The molecule has 0 aromatic rings. The fourth-order valence-electron chi connectivity index (χ4n) is 2.99. The van der Waals surface area contributed by atoms with Crippen LogP contribution in [0.3, 0.4) is 0 Å². The SMILES string of the molecule is CC(C)(C)OC(=O)N1CCC(CC(=O)N2CC[C@H](O)C2)CC1. The zero-order valence-corrected chi connectivity index (χ0v) is 13.9. The molecule has 2 fully saturated rings. The van der Waals surface area contributed by atoms with E-state index in [1.807, 2.05) is 20.8 Å². The van der Waals surface area contributed by atoms with E-state index in [1.165, 1.54) is 0 Å². The molecule has 2 heterocycles. The number of aliphatic hydroxyl groups excluding tert-OH is 1. The van der Waals surface area contributed by atoms with Gasteiger partial charge >= 0.3 is 6.09 Å². The van der Waals surface area contributed by atoms with Crippen LogP contribution in [0.25, 0.3) is 0 Å². The minimum Gasteiger partial charge on any atom is -0.444 e. The quantitative estimate of drug-likeness (QED) is 0.841. The fraction of sp³-hybridized carbons (Fsp3) is 0.875. The Morgan fingerprint density at radius 1 is 1.09 bits per heavy atom. The van der Waals surface area contributed by atoms with Gasteiger partial charge in [-0.2, -0.15) is 0 Å². The molecule has 2 saturated heterocycles. The summed E-state index contributed by atoms with van der Waals surface area (Å²) in [6, 6.07) is 0. The summed E-state index contributed by atoms with van der Waals surface area (Å²) >= 11 is 0. The zero-order chi connectivity index (χ0) is 16.3. The Labute approximate surface area is 132 Å². The number of β-amino-alcohol motifs (C(OH)–C–C–N with tert-alkyl or cyclic N) is 1. The van der Waals surface area contributed by atoms with Crippen molar-refractivity contribution in [2.24, 2.45) is 5.92 Å². The Bertz CT molecular complexity index is 411. The second-order valence-corrected chi connectivity index (χ2v) is 7.40. The summed E-state index contributed by atoms with van der Waals surface area (Å²) in [6.45, 7) is 8.01. The van der Waals surface area contributed by atoms with Crippen molar-refractivity contribution in [1.29, 1.82) is 0 Å². The molecular weight excluding hydrogens is 284 g/mol. The maximum Gasteiger partial charge on any atom is 0.410 e. The molecular formula is C16H28N2O4. The Balaban J connectivity index is 1.73. The fourth-order valence-corrected chi connectivity index (χ4v) is 2.99. The van der Waals surface area contributed by atoms with E-state index in [-0.39, 0.29) is 18.1 Å². The molecule has 0 bridgehead atoms. The summed E-state index contributed by atoms with van der Waals surface area (Å²) in [4.78, 5) is 27.6. The number of amides is 2. The van der Waals surface area contributed by atoms with Crippen molar-refractivity contribution in [1.82, 2.24) is 9.80 Å². The molecule has 2 aliphatic heterocycles. The van der Waals surface area contributed by atoms with E-state index in [0.29, 0.717) is 44.9 Å². The van der Waals surface area contributed by atoms with Gasteiger partial charge in [-0.05, 0) is 46.0 Å². The molecule has 22 heavy (non-hydrogen) atoms. The summed E-state index contributed by atoms with van der Waals surface area (Å²) in [5.74, 6) is 0.455. The van der Waals surface area contributed by atoms with Crippen LogP contribution in [0, 0.1) is 5.92 Å². The molecule has 0 aromatic heterocycles. The van der Waals surface area contributed by atoms with Crippen LogP contribution in [0.15, 0.2) is 0 Å². The molecule has 2 amide bonds. The van der Waals surface area contributed by atoms with E-state index in [4.69, 9.17) is 4.74 Å². The second kappa shape index (κ2) is 6.86. The van der Waals surface area contributed by atoms with Crippen LogP contribution in [0.5, 0.6) is 0 Å². The van der Waals surface area contributed by atoms with Gasteiger partial charge in [0.25, 0.3) is 0 Å². The number of carbonyl (C=O) groups excluding carboxylic acids is 2. The van der Waals surface area contributed by atoms with Gasteiger partial charge in [0, 0.05) is 32.6 Å². The molecule has 0 aliphatic carbocycles. The number of aliphatic hydroxyl groups is 1. The molecule has 0 radical (unpaired) electrons. The van der Waals surface area contributed by atoms with Gasteiger partial charge in [-0.1, -0.05) is 0 Å². The maximum absolute atomic E-state index is 12.2. The topological polar surface area (TPSA) is 70.1 Å². The van der Waals surface area contributed by atoms with Gasteiger partial charge in [0.1, 0.15) is 5.60 Å². The Kier molecular flexibility index (Phi) is 5.32. The highest BCUT2D eigenvalue weighted by Crippen LogP contribution is 2.24. The van der Waals surface area contributed by atoms with E-state index < -0.39 is 5.60 Å². The van der Waals surface area contributed by atoms with Crippen LogP contribution in [0.4, 0.5) is 4.79 Å². The molecule has 0 unspecified atom stereocenters. The summed E-state index contributed by atoms with van der Waals surface area (Å²) in [6.07, 6.45) is 2.25.